The topological polar surface area (TPSA) is 92.9 Å². The molecular formula is C12H22N2O4. The zero-order chi connectivity index (χ0) is 13.7. The minimum Gasteiger partial charge on any atom is -0.479 e. The lowest BCUT2D eigenvalue weighted by molar-refractivity contribution is -0.160. The average molecular weight is 258 g/mol. The molecule has 1 aliphatic rings. The third-order valence-corrected chi connectivity index (χ3v) is 3.04. The van der Waals surface area contributed by atoms with Crippen molar-refractivity contribution >= 4 is 11.9 Å². The van der Waals surface area contributed by atoms with Crippen LogP contribution in [0.1, 0.15) is 20.3 Å². The lowest BCUT2D eigenvalue weighted by atomic mass is 9.95. The van der Waals surface area contributed by atoms with Crippen molar-refractivity contribution in [3.05, 3.63) is 0 Å². The zero-order valence-electron chi connectivity index (χ0n) is 11.0. The van der Waals surface area contributed by atoms with Crippen LogP contribution in [0.3, 0.4) is 0 Å². The van der Waals surface area contributed by atoms with Crippen LogP contribution < -0.4 is 5.73 Å². The number of carboxylic acids is 1. The Morgan fingerprint density at radius 3 is 2.67 bits per heavy atom. The number of carbonyl (C=O) groups excluding carboxylic acids is 1. The molecule has 6 nitrogen and oxygen atoms in total. The van der Waals surface area contributed by atoms with Crippen LogP contribution in [0, 0.1) is 11.8 Å². The highest BCUT2D eigenvalue weighted by Gasteiger charge is 2.32. The summed E-state index contributed by atoms with van der Waals surface area (Å²) in [7, 11) is 0. The highest BCUT2D eigenvalue weighted by Crippen LogP contribution is 2.16. The van der Waals surface area contributed by atoms with E-state index in [0.29, 0.717) is 19.0 Å². The number of carbonyl (C=O) groups is 2. The molecule has 0 aromatic rings. The fraction of sp³-hybridized carbons (Fsp3) is 0.833. The summed E-state index contributed by atoms with van der Waals surface area (Å²) < 4.78 is 5.09. The standard InChI is InChI=1S/C12H22N2O4/c1-8(2)5-9(6-13)11(15)14-3-4-18-10(7-14)12(16)17/h8-10H,3-7,13H2,1-2H3,(H,16,17). The van der Waals surface area contributed by atoms with Gasteiger partial charge in [0.25, 0.3) is 0 Å². The maximum atomic E-state index is 12.2. The van der Waals surface area contributed by atoms with E-state index in [4.69, 9.17) is 15.6 Å². The van der Waals surface area contributed by atoms with E-state index in [-0.39, 0.29) is 25.0 Å². The number of rotatable bonds is 5. The summed E-state index contributed by atoms with van der Waals surface area (Å²) in [6, 6.07) is 0. The van der Waals surface area contributed by atoms with Crippen molar-refractivity contribution in [3.8, 4) is 0 Å². The maximum Gasteiger partial charge on any atom is 0.334 e. The quantitative estimate of drug-likeness (QED) is 0.719. The Morgan fingerprint density at radius 2 is 2.17 bits per heavy atom. The van der Waals surface area contributed by atoms with Gasteiger partial charge in [-0.2, -0.15) is 0 Å². The van der Waals surface area contributed by atoms with Gasteiger partial charge in [-0.15, -0.1) is 0 Å². The highest BCUT2D eigenvalue weighted by molar-refractivity contribution is 5.80. The first kappa shape index (κ1) is 14.9. The second-order valence-electron chi connectivity index (χ2n) is 5.04. The second kappa shape index (κ2) is 6.70. The molecule has 2 atom stereocenters. The highest BCUT2D eigenvalue weighted by atomic mass is 16.5. The molecule has 18 heavy (non-hydrogen) atoms. The van der Waals surface area contributed by atoms with Crippen LogP contribution in [0.4, 0.5) is 0 Å². The molecular weight excluding hydrogens is 236 g/mol. The fourth-order valence-electron chi connectivity index (χ4n) is 2.12. The molecule has 1 amide bonds. The number of morpholine rings is 1. The average Bonchev–Trinajstić information content (AvgIpc) is 2.35. The number of ether oxygens (including phenoxy) is 1. The smallest absolute Gasteiger partial charge is 0.334 e. The summed E-state index contributed by atoms with van der Waals surface area (Å²) in [6.45, 7) is 5.19. The van der Waals surface area contributed by atoms with Crippen LogP contribution >= 0.6 is 0 Å². The molecule has 2 unspecified atom stereocenters. The van der Waals surface area contributed by atoms with Gasteiger partial charge in [0.2, 0.25) is 5.91 Å². The Hall–Kier alpha value is -1.14. The van der Waals surface area contributed by atoms with E-state index in [1.54, 1.807) is 4.90 Å². The first-order valence-corrected chi connectivity index (χ1v) is 6.29. The molecule has 1 fully saturated rings. The lowest BCUT2D eigenvalue weighted by Gasteiger charge is -2.33. The van der Waals surface area contributed by atoms with Crippen molar-refractivity contribution in [1.82, 2.24) is 4.90 Å². The van der Waals surface area contributed by atoms with Gasteiger partial charge in [-0.05, 0) is 12.3 Å². The van der Waals surface area contributed by atoms with E-state index in [1.165, 1.54) is 0 Å². The van der Waals surface area contributed by atoms with Gasteiger partial charge in [0.05, 0.1) is 19.1 Å². The molecule has 1 saturated heterocycles. The number of nitrogens with zero attached hydrogens (tertiary/aromatic N) is 1. The SMILES string of the molecule is CC(C)CC(CN)C(=O)N1CCOC(C(=O)O)C1. The third-order valence-electron chi connectivity index (χ3n) is 3.04. The summed E-state index contributed by atoms with van der Waals surface area (Å²) in [4.78, 5) is 24.6. The second-order valence-corrected chi connectivity index (χ2v) is 5.04. The Balaban J connectivity index is 2.61. The van der Waals surface area contributed by atoms with Gasteiger partial charge < -0.3 is 20.5 Å². The van der Waals surface area contributed by atoms with E-state index >= 15 is 0 Å². The molecule has 3 N–H and O–H groups in total. The molecule has 1 aliphatic heterocycles. The molecule has 0 radical (unpaired) electrons. The molecule has 0 spiro atoms. The molecule has 0 aliphatic carbocycles. The minimum atomic E-state index is -1.03. The van der Waals surface area contributed by atoms with E-state index in [0.717, 1.165) is 6.42 Å². The molecule has 0 saturated carbocycles. The molecule has 1 rings (SSSR count). The first-order chi connectivity index (χ1) is 8.45. The van der Waals surface area contributed by atoms with E-state index in [9.17, 15) is 9.59 Å². The number of aliphatic carboxylic acids is 1. The van der Waals surface area contributed by atoms with Crippen LogP contribution in [0.15, 0.2) is 0 Å². The molecule has 0 aromatic heterocycles. The third kappa shape index (κ3) is 3.96. The minimum absolute atomic E-state index is 0.0549. The van der Waals surface area contributed by atoms with Gasteiger partial charge in [-0.25, -0.2) is 4.79 Å². The van der Waals surface area contributed by atoms with Crippen LogP contribution in [0.5, 0.6) is 0 Å². The maximum absolute atomic E-state index is 12.2. The van der Waals surface area contributed by atoms with Gasteiger partial charge in [0.15, 0.2) is 6.10 Å². The predicted octanol–water partition coefficient (Wildman–Crippen LogP) is -0.0806. The molecule has 104 valence electrons. The van der Waals surface area contributed by atoms with Crippen molar-refractivity contribution in [2.45, 2.75) is 26.4 Å². The first-order valence-electron chi connectivity index (χ1n) is 6.29. The Labute approximate surface area is 107 Å². The van der Waals surface area contributed by atoms with Crippen molar-refractivity contribution in [2.24, 2.45) is 17.6 Å². The molecule has 0 bridgehead atoms. The van der Waals surface area contributed by atoms with Crippen molar-refractivity contribution < 1.29 is 19.4 Å². The van der Waals surface area contributed by atoms with Gasteiger partial charge in [0, 0.05) is 13.1 Å². The fourth-order valence-corrected chi connectivity index (χ4v) is 2.12. The van der Waals surface area contributed by atoms with Crippen LogP contribution in [-0.2, 0) is 14.3 Å². The van der Waals surface area contributed by atoms with Crippen LogP contribution in [0.25, 0.3) is 0 Å². The van der Waals surface area contributed by atoms with Gasteiger partial charge in [-0.3, -0.25) is 4.79 Å². The summed E-state index contributed by atoms with van der Waals surface area (Å²) in [5, 5.41) is 8.89. The number of nitrogens with two attached hydrogens (primary N) is 1. The summed E-state index contributed by atoms with van der Waals surface area (Å²) in [5.41, 5.74) is 5.63. The summed E-state index contributed by atoms with van der Waals surface area (Å²) in [5.74, 6) is -0.919. The number of amides is 1. The van der Waals surface area contributed by atoms with Crippen LogP contribution in [0.2, 0.25) is 0 Å². The normalized spacial score (nSPS) is 22.0. The van der Waals surface area contributed by atoms with Gasteiger partial charge in [-0.1, -0.05) is 13.8 Å². The molecule has 6 heteroatoms. The number of carboxylic acid groups (broad SMARTS) is 1. The number of hydrogen-bond donors (Lipinski definition) is 2. The Kier molecular flexibility index (Phi) is 5.55. The number of hydrogen-bond acceptors (Lipinski definition) is 4. The Morgan fingerprint density at radius 1 is 1.50 bits per heavy atom. The van der Waals surface area contributed by atoms with Gasteiger partial charge in [0.1, 0.15) is 0 Å². The summed E-state index contributed by atoms with van der Waals surface area (Å²) >= 11 is 0. The van der Waals surface area contributed by atoms with Crippen molar-refractivity contribution in [2.75, 3.05) is 26.2 Å². The largest absolute Gasteiger partial charge is 0.479 e. The van der Waals surface area contributed by atoms with E-state index < -0.39 is 12.1 Å². The van der Waals surface area contributed by atoms with Crippen molar-refractivity contribution in [3.63, 3.8) is 0 Å². The summed E-state index contributed by atoms with van der Waals surface area (Å²) in [6.07, 6.45) is -0.190. The van der Waals surface area contributed by atoms with Crippen LogP contribution in [-0.4, -0.2) is 54.2 Å². The van der Waals surface area contributed by atoms with E-state index in [2.05, 4.69) is 0 Å². The predicted molar refractivity (Wildman–Crippen MR) is 66.0 cm³/mol. The van der Waals surface area contributed by atoms with E-state index in [1.807, 2.05) is 13.8 Å². The molecule has 1 heterocycles. The lowest BCUT2D eigenvalue weighted by Crippen LogP contribution is -2.51. The zero-order valence-corrected chi connectivity index (χ0v) is 11.0. The van der Waals surface area contributed by atoms with Crippen molar-refractivity contribution in [1.29, 1.82) is 0 Å². The Bertz CT molecular complexity index is 306. The monoisotopic (exact) mass is 258 g/mol. The molecule has 0 aromatic carbocycles. The van der Waals surface area contributed by atoms with Gasteiger partial charge >= 0.3 is 5.97 Å².